The zero-order valence-electron chi connectivity index (χ0n) is 16.7. The number of nitrogens with one attached hydrogen (secondary N) is 1. The largest absolute Gasteiger partial charge is 0.365 e. The molecule has 0 aliphatic rings. The van der Waals surface area contributed by atoms with E-state index in [1.165, 1.54) is 0 Å². The number of aryl methyl sites for hydroxylation is 1. The lowest BCUT2D eigenvalue weighted by molar-refractivity contribution is 0.629. The van der Waals surface area contributed by atoms with Gasteiger partial charge in [0.05, 0.1) is 16.0 Å². The number of fused-ring (bicyclic) bond motifs is 1. The Morgan fingerprint density at radius 2 is 1.90 bits per heavy atom. The minimum absolute atomic E-state index is 0. The minimum Gasteiger partial charge on any atom is -0.365 e. The summed E-state index contributed by atoms with van der Waals surface area (Å²) in [5, 5.41) is 3.58. The summed E-state index contributed by atoms with van der Waals surface area (Å²) >= 11 is 1.63. The van der Waals surface area contributed by atoms with Crippen molar-refractivity contribution in [2.24, 2.45) is 0 Å². The first-order valence-electron chi connectivity index (χ1n) is 9.05. The van der Waals surface area contributed by atoms with Crippen LogP contribution in [0.1, 0.15) is 37.0 Å². The van der Waals surface area contributed by atoms with Gasteiger partial charge in [0, 0.05) is 23.6 Å². The number of hydrogen-bond acceptors (Lipinski definition) is 5. The van der Waals surface area contributed by atoms with Crippen molar-refractivity contribution in [3.8, 4) is 22.4 Å². The molecule has 0 saturated heterocycles. The van der Waals surface area contributed by atoms with Crippen LogP contribution in [-0.2, 0) is 0 Å². The molecular formula is C22H22ClN5S. The lowest BCUT2D eigenvalue weighted by Crippen LogP contribution is -2.27. The molecule has 0 aromatic carbocycles. The van der Waals surface area contributed by atoms with E-state index < -0.39 is 0 Å². The minimum atomic E-state index is -0.0925. The van der Waals surface area contributed by atoms with Gasteiger partial charge in [0.1, 0.15) is 17.2 Å². The number of rotatable bonds is 2. The molecule has 1 N–H and O–H groups in total. The Morgan fingerprint density at radius 1 is 1.07 bits per heavy atom. The summed E-state index contributed by atoms with van der Waals surface area (Å²) < 4.78 is 2.04. The monoisotopic (exact) mass is 423 g/mol. The Labute approximate surface area is 180 Å². The second kappa shape index (κ2) is 8.24. The highest BCUT2D eigenvalue weighted by Gasteiger charge is 2.20. The molecule has 0 radical (unpaired) electrons. The summed E-state index contributed by atoms with van der Waals surface area (Å²) in [6.07, 6.45) is 5.47. The maximum absolute atomic E-state index is 4.80. The molecule has 7 heteroatoms. The highest BCUT2D eigenvalue weighted by Crippen LogP contribution is 2.34. The lowest BCUT2D eigenvalue weighted by atomic mass is 10.1. The smallest absolute Gasteiger partial charge is 0.157 e. The Kier molecular flexibility index (Phi) is 5.92. The SMILES string of the molecule is Cc1cccc(C#Cc2ccc(-c3nc4cnccn4c3NC(C)(C)C)s2)n1.Cl. The quantitative estimate of drug-likeness (QED) is 0.450. The second-order valence-electron chi connectivity index (χ2n) is 7.57. The molecule has 0 fully saturated rings. The van der Waals surface area contributed by atoms with Crippen LogP contribution in [0.3, 0.4) is 0 Å². The number of thiophene rings is 1. The molecule has 0 aliphatic heterocycles. The number of hydrogen-bond donors (Lipinski definition) is 1. The number of halogens is 1. The van der Waals surface area contributed by atoms with E-state index >= 15 is 0 Å². The van der Waals surface area contributed by atoms with Crippen LogP contribution in [0.4, 0.5) is 5.82 Å². The normalized spacial score (nSPS) is 10.9. The fraction of sp³-hybridized carbons (Fsp3) is 0.227. The summed E-state index contributed by atoms with van der Waals surface area (Å²) in [4.78, 5) is 15.5. The van der Waals surface area contributed by atoms with E-state index in [1.54, 1.807) is 23.7 Å². The second-order valence-corrected chi connectivity index (χ2v) is 8.65. The van der Waals surface area contributed by atoms with Gasteiger partial charge >= 0.3 is 0 Å². The Balaban J connectivity index is 0.00000240. The van der Waals surface area contributed by atoms with Crippen molar-refractivity contribution < 1.29 is 0 Å². The molecule has 4 heterocycles. The van der Waals surface area contributed by atoms with Crippen LogP contribution in [0.15, 0.2) is 48.9 Å². The van der Waals surface area contributed by atoms with E-state index in [2.05, 4.69) is 54.0 Å². The lowest BCUT2D eigenvalue weighted by Gasteiger charge is -2.22. The van der Waals surface area contributed by atoms with Gasteiger partial charge in [-0.25, -0.2) is 9.97 Å². The van der Waals surface area contributed by atoms with Crippen molar-refractivity contribution in [1.29, 1.82) is 0 Å². The zero-order valence-corrected chi connectivity index (χ0v) is 18.4. The van der Waals surface area contributed by atoms with Crippen molar-refractivity contribution in [2.45, 2.75) is 33.2 Å². The zero-order chi connectivity index (χ0) is 19.7. The third kappa shape index (κ3) is 4.76. The number of anilines is 1. The van der Waals surface area contributed by atoms with Crippen LogP contribution in [-0.4, -0.2) is 24.9 Å². The van der Waals surface area contributed by atoms with Crippen molar-refractivity contribution in [1.82, 2.24) is 19.4 Å². The van der Waals surface area contributed by atoms with E-state index in [1.807, 2.05) is 41.8 Å². The van der Waals surface area contributed by atoms with E-state index in [9.17, 15) is 0 Å². The number of nitrogens with zero attached hydrogens (tertiary/aromatic N) is 4. The Bertz CT molecular complexity index is 1210. The maximum Gasteiger partial charge on any atom is 0.157 e. The molecule has 0 spiro atoms. The molecule has 148 valence electrons. The van der Waals surface area contributed by atoms with Crippen LogP contribution in [0.2, 0.25) is 0 Å². The van der Waals surface area contributed by atoms with E-state index in [4.69, 9.17) is 4.98 Å². The van der Waals surface area contributed by atoms with Crippen LogP contribution in [0.25, 0.3) is 16.2 Å². The molecule has 0 aliphatic carbocycles. The van der Waals surface area contributed by atoms with Gasteiger partial charge in [0.25, 0.3) is 0 Å². The van der Waals surface area contributed by atoms with E-state index in [0.29, 0.717) is 0 Å². The summed E-state index contributed by atoms with van der Waals surface area (Å²) in [6, 6.07) is 9.97. The standard InChI is InChI=1S/C22H21N5S.ClH/c1-15-6-5-7-16(24-15)8-9-17-10-11-18(28-17)20-21(26-22(2,3)4)27-13-12-23-14-19(27)25-20;/h5-7,10-14,26H,1-4H3;1H. The summed E-state index contributed by atoms with van der Waals surface area (Å²) in [5.74, 6) is 7.33. The molecular weight excluding hydrogens is 402 g/mol. The maximum atomic E-state index is 4.80. The van der Waals surface area contributed by atoms with Crippen LogP contribution in [0.5, 0.6) is 0 Å². The summed E-state index contributed by atoms with van der Waals surface area (Å²) in [5.41, 5.74) is 3.38. The van der Waals surface area contributed by atoms with Crippen molar-refractivity contribution >= 4 is 35.2 Å². The van der Waals surface area contributed by atoms with Crippen LogP contribution < -0.4 is 5.32 Å². The molecule has 4 aromatic rings. The molecule has 0 atom stereocenters. The highest BCUT2D eigenvalue weighted by atomic mass is 35.5. The van der Waals surface area contributed by atoms with E-state index in [-0.39, 0.29) is 17.9 Å². The fourth-order valence-electron chi connectivity index (χ4n) is 2.82. The Morgan fingerprint density at radius 3 is 2.66 bits per heavy atom. The van der Waals surface area contributed by atoms with Gasteiger partial charge in [-0.1, -0.05) is 6.07 Å². The molecule has 29 heavy (non-hydrogen) atoms. The summed E-state index contributed by atoms with van der Waals surface area (Å²) in [6.45, 7) is 8.38. The number of imidazole rings is 1. The molecule has 0 unspecified atom stereocenters. The molecule has 4 aromatic heterocycles. The van der Waals surface area contributed by atoms with Gasteiger partial charge in [-0.2, -0.15) is 0 Å². The van der Waals surface area contributed by atoms with E-state index in [0.717, 1.165) is 38.3 Å². The topological polar surface area (TPSA) is 55.1 Å². The van der Waals surface area contributed by atoms with Crippen LogP contribution >= 0.6 is 23.7 Å². The predicted octanol–water partition coefficient (Wildman–Crippen LogP) is 5.19. The first-order chi connectivity index (χ1) is 13.4. The third-order valence-corrected chi connectivity index (χ3v) is 4.97. The number of aromatic nitrogens is 4. The average Bonchev–Trinajstić information content (AvgIpc) is 3.24. The van der Waals surface area contributed by atoms with Gasteiger partial charge < -0.3 is 5.32 Å². The van der Waals surface area contributed by atoms with Gasteiger partial charge in [-0.05, 0) is 63.8 Å². The third-order valence-electron chi connectivity index (χ3n) is 3.97. The van der Waals surface area contributed by atoms with Crippen molar-refractivity contribution in [2.75, 3.05) is 5.32 Å². The molecule has 0 bridgehead atoms. The number of pyridine rings is 1. The first kappa shape index (κ1) is 20.8. The molecule has 4 rings (SSSR count). The molecule has 0 amide bonds. The van der Waals surface area contributed by atoms with Crippen LogP contribution in [0, 0.1) is 18.8 Å². The van der Waals surface area contributed by atoms with Crippen molar-refractivity contribution in [3.63, 3.8) is 0 Å². The highest BCUT2D eigenvalue weighted by molar-refractivity contribution is 7.16. The van der Waals surface area contributed by atoms with Gasteiger partial charge in [0.15, 0.2) is 5.65 Å². The molecule has 0 saturated carbocycles. The Hall–Kier alpha value is -2.88. The van der Waals surface area contributed by atoms with Gasteiger partial charge in [0.2, 0.25) is 0 Å². The first-order valence-corrected chi connectivity index (χ1v) is 9.87. The fourth-order valence-corrected chi connectivity index (χ4v) is 3.67. The van der Waals surface area contributed by atoms with Crippen molar-refractivity contribution in [3.05, 3.63) is 65.2 Å². The molecule has 5 nitrogen and oxygen atoms in total. The van der Waals surface area contributed by atoms with Gasteiger partial charge in [-0.3, -0.25) is 9.38 Å². The van der Waals surface area contributed by atoms with Gasteiger partial charge in [-0.15, -0.1) is 23.7 Å². The predicted molar refractivity (Wildman–Crippen MR) is 122 cm³/mol. The average molecular weight is 424 g/mol. The summed E-state index contributed by atoms with van der Waals surface area (Å²) in [7, 11) is 0.